The number of aromatic nitrogens is 3. The Hall–Kier alpha value is -2.46. The van der Waals surface area contributed by atoms with Gasteiger partial charge in [0.15, 0.2) is 5.82 Å². The van der Waals surface area contributed by atoms with Gasteiger partial charge >= 0.3 is 0 Å². The first-order chi connectivity index (χ1) is 11.2. The average molecular weight is 309 g/mol. The van der Waals surface area contributed by atoms with Crippen LogP contribution in [0.2, 0.25) is 0 Å². The number of fused-ring (bicyclic) bond motifs is 2. The Kier molecular flexibility index (Phi) is 3.27. The minimum atomic E-state index is 0.208. The third-order valence-corrected chi connectivity index (χ3v) is 4.49. The highest BCUT2D eigenvalue weighted by Crippen LogP contribution is 2.43. The van der Waals surface area contributed by atoms with Crippen LogP contribution in [0.5, 0.6) is 0 Å². The van der Waals surface area contributed by atoms with Gasteiger partial charge in [-0.3, -0.25) is 0 Å². The van der Waals surface area contributed by atoms with Crippen molar-refractivity contribution < 1.29 is 0 Å². The molecule has 2 aromatic heterocycles. The first kappa shape index (κ1) is 14.2. The second-order valence-corrected chi connectivity index (χ2v) is 6.55. The van der Waals surface area contributed by atoms with Gasteiger partial charge in [0.05, 0.1) is 0 Å². The van der Waals surface area contributed by atoms with Crippen molar-refractivity contribution in [3.05, 3.63) is 18.0 Å². The number of nitriles is 1. The molecule has 7 heteroatoms. The van der Waals surface area contributed by atoms with Gasteiger partial charge in [-0.05, 0) is 31.7 Å². The molecule has 3 atom stereocenters. The molecule has 2 aromatic rings. The van der Waals surface area contributed by atoms with E-state index >= 15 is 0 Å². The van der Waals surface area contributed by atoms with E-state index in [2.05, 4.69) is 37.0 Å². The van der Waals surface area contributed by atoms with E-state index in [0.717, 1.165) is 24.0 Å². The number of nitrogens with one attached hydrogen (secondary N) is 3. The summed E-state index contributed by atoms with van der Waals surface area (Å²) in [5.74, 6) is 2.66. The van der Waals surface area contributed by atoms with Crippen LogP contribution in [-0.4, -0.2) is 40.1 Å². The third kappa shape index (κ3) is 2.55. The van der Waals surface area contributed by atoms with Gasteiger partial charge in [0.2, 0.25) is 5.95 Å². The molecule has 0 amide bonds. The molecule has 0 unspecified atom stereocenters. The minimum Gasteiger partial charge on any atom is -0.366 e. The lowest BCUT2D eigenvalue weighted by Crippen LogP contribution is -2.22. The van der Waals surface area contributed by atoms with Crippen molar-refractivity contribution in [2.75, 3.05) is 23.7 Å². The fourth-order valence-corrected chi connectivity index (χ4v) is 3.32. The lowest BCUT2D eigenvalue weighted by molar-refractivity contribution is 0.694. The molecule has 3 heterocycles. The quantitative estimate of drug-likeness (QED) is 0.784. The molecular formula is C16H19N7. The maximum Gasteiger partial charge on any atom is 0.223 e. The second kappa shape index (κ2) is 5.32. The van der Waals surface area contributed by atoms with Gasteiger partial charge in [0.25, 0.3) is 0 Å². The van der Waals surface area contributed by atoms with E-state index in [1.165, 1.54) is 0 Å². The molecule has 118 valence electrons. The molecule has 1 aliphatic carbocycles. The van der Waals surface area contributed by atoms with Crippen molar-refractivity contribution in [3.8, 4) is 6.07 Å². The molecule has 2 fully saturated rings. The van der Waals surface area contributed by atoms with Crippen LogP contribution in [-0.2, 0) is 0 Å². The van der Waals surface area contributed by atoms with E-state index in [9.17, 15) is 0 Å². The topological polar surface area (TPSA) is 98.5 Å². The summed E-state index contributed by atoms with van der Waals surface area (Å²) in [6.45, 7) is 6.21. The maximum absolute atomic E-state index is 9.13. The third-order valence-electron chi connectivity index (χ3n) is 4.49. The van der Waals surface area contributed by atoms with Gasteiger partial charge in [0, 0.05) is 36.8 Å². The summed E-state index contributed by atoms with van der Waals surface area (Å²) in [5.41, 5.74) is 1.12. The zero-order valence-corrected chi connectivity index (χ0v) is 13.2. The molecule has 0 aromatic carbocycles. The summed E-state index contributed by atoms with van der Waals surface area (Å²) >= 11 is 0. The lowest BCUT2D eigenvalue weighted by Gasteiger charge is -2.13. The summed E-state index contributed by atoms with van der Waals surface area (Å²) in [6, 6.07) is 4.49. The number of pyridine rings is 1. The van der Waals surface area contributed by atoms with Gasteiger partial charge in [-0.1, -0.05) is 0 Å². The predicted molar refractivity (Wildman–Crippen MR) is 88.1 cm³/mol. The molecule has 7 nitrogen and oxygen atoms in total. The monoisotopic (exact) mass is 309 g/mol. The Morgan fingerprint density at radius 3 is 2.78 bits per heavy atom. The highest BCUT2D eigenvalue weighted by Gasteiger charge is 2.53. The molecule has 4 rings (SSSR count). The van der Waals surface area contributed by atoms with Crippen LogP contribution in [0.4, 0.5) is 11.8 Å². The number of piperidine rings is 1. The number of rotatable bonds is 4. The SMILES string of the molecule is CC(C)Nc1nc(C#N)cc2cnc(N[C@H]3[C@@H]4CNC[C@@H]43)nc12. The average Bonchev–Trinajstić information content (AvgIpc) is 2.95. The molecular weight excluding hydrogens is 290 g/mol. The van der Waals surface area contributed by atoms with Crippen LogP contribution < -0.4 is 16.0 Å². The van der Waals surface area contributed by atoms with Crippen molar-refractivity contribution >= 4 is 22.7 Å². The molecule has 0 bridgehead atoms. The van der Waals surface area contributed by atoms with E-state index in [0.29, 0.717) is 35.3 Å². The molecule has 23 heavy (non-hydrogen) atoms. The van der Waals surface area contributed by atoms with E-state index in [1.54, 1.807) is 12.3 Å². The van der Waals surface area contributed by atoms with E-state index in [1.807, 2.05) is 13.8 Å². The first-order valence-electron chi connectivity index (χ1n) is 7.97. The lowest BCUT2D eigenvalue weighted by atomic mass is 10.2. The normalized spacial score (nSPS) is 25.2. The Morgan fingerprint density at radius 1 is 1.30 bits per heavy atom. The smallest absolute Gasteiger partial charge is 0.223 e. The molecule has 0 radical (unpaired) electrons. The van der Waals surface area contributed by atoms with Gasteiger partial charge in [-0.15, -0.1) is 0 Å². The van der Waals surface area contributed by atoms with Crippen LogP contribution in [0.15, 0.2) is 12.3 Å². The van der Waals surface area contributed by atoms with E-state index in [4.69, 9.17) is 5.26 Å². The van der Waals surface area contributed by atoms with Crippen molar-refractivity contribution in [2.45, 2.75) is 25.9 Å². The fraction of sp³-hybridized carbons (Fsp3) is 0.500. The van der Waals surface area contributed by atoms with Crippen molar-refractivity contribution in [3.63, 3.8) is 0 Å². The Morgan fingerprint density at radius 2 is 2.09 bits per heavy atom. The van der Waals surface area contributed by atoms with Crippen LogP contribution in [0.25, 0.3) is 10.9 Å². The van der Waals surface area contributed by atoms with Crippen molar-refractivity contribution in [1.29, 1.82) is 5.26 Å². The molecule has 2 aliphatic rings. The number of hydrogen-bond acceptors (Lipinski definition) is 7. The largest absolute Gasteiger partial charge is 0.366 e. The maximum atomic E-state index is 9.13. The van der Waals surface area contributed by atoms with Gasteiger partial charge < -0.3 is 16.0 Å². The number of anilines is 2. The van der Waals surface area contributed by atoms with Crippen LogP contribution in [0.1, 0.15) is 19.5 Å². The fourth-order valence-electron chi connectivity index (χ4n) is 3.32. The van der Waals surface area contributed by atoms with Crippen LogP contribution in [0, 0.1) is 23.2 Å². The van der Waals surface area contributed by atoms with E-state index < -0.39 is 0 Å². The van der Waals surface area contributed by atoms with Gasteiger partial charge in [-0.25, -0.2) is 15.0 Å². The van der Waals surface area contributed by atoms with Gasteiger partial charge in [0.1, 0.15) is 17.3 Å². The summed E-state index contributed by atoms with van der Waals surface area (Å²) in [4.78, 5) is 13.4. The highest BCUT2D eigenvalue weighted by molar-refractivity contribution is 5.89. The van der Waals surface area contributed by atoms with E-state index in [-0.39, 0.29) is 6.04 Å². The number of nitrogens with zero attached hydrogens (tertiary/aromatic N) is 4. The summed E-state index contributed by atoms with van der Waals surface area (Å²) < 4.78 is 0. The Balaban J connectivity index is 1.67. The Bertz CT molecular complexity index is 785. The molecule has 1 saturated carbocycles. The molecule has 3 N–H and O–H groups in total. The van der Waals surface area contributed by atoms with Crippen molar-refractivity contribution in [1.82, 2.24) is 20.3 Å². The standard InChI is InChI=1S/C16H19N7/c1-8(2)20-15-13-9(3-10(4-17)21-15)5-19-16(22-13)23-14-11-6-18-7-12(11)14/h3,5,8,11-12,14,18H,6-7H2,1-2H3,(H,20,21)(H,19,22,23)/t11-,12+,14+. The summed E-state index contributed by atoms with van der Waals surface area (Å²) in [7, 11) is 0. The minimum absolute atomic E-state index is 0.208. The first-order valence-corrected chi connectivity index (χ1v) is 7.97. The highest BCUT2D eigenvalue weighted by atomic mass is 15.2. The van der Waals surface area contributed by atoms with Crippen molar-refractivity contribution in [2.24, 2.45) is 11.8 Å². The van der Waals surface area contributed by atoms with Gasteiger partial charge in [-0.2, -0.15) is 5.26 Å². The summed E-state index contributed by atoms with van der Waals surface area (Å²) in [5, 5.41) is 20.0. The Labute approximate surface area is 134 Å². The molecule has 0 spiro atoms. The number of hydrogen-bond donors (Lipinski definition) is 3. The van der Waals surface area contributed by atoms with Crippen LogP contribution in [0.3, 0.4) is 0 Å². The molecule has 1 saturated heterocycles. The zero-order chi connectivity index (χ0) is 16.0. The summed E-state index contributed by atoms with van der Waals surface area (Å²) in [6.07, 6.45) is 1.76. The zero-order valence-electron chi connectivity index (χ0n) is 13.2. The second-order valence-electron chi connectivity index (χ2n) is 6.55. The van der Waals surface area contributed by atoms with Crippen LogP contribution >= 0.6 is 0 Å². The predicted octanol–water partition coefficient (Wildman–Crippen LogP) is 1.35. The molecule has 1 aliphatic heterocycles.